The lowest BCUT2D eigenvalue weighted by molar-refractivity contribution is 0.250. The van der Waals surface area contributed by atoms with E-state index in [4.69, 9.17) is 0 Å². The Morgan fingerprint density at radius 3 is 2.23 bits per heavy atom. The third kappa shape index (κ3) is 6.44. The Kier molecular flexibility index (Phi) is 5.52. The molecule has 0 aromatic rings. The van der Waals surface area contributed by atoms with Gasteiger partial charge in [-0.3, -0.25) is 0 Å². The second-order valence-electron chi connectivity index (χ2n) is 4.34. The van der Waals surface area contributed by atoms with Gasteiger partial charge in [0.2, 0.25) is 0 Å². The summed E-state index contributed by atoms with van der Waals surface area (Å²) in [6.45, 7) is 8.79. The van der Waals surface area contributed by atoms with Gasteiger partial charge < -0.3 is 4.90 Å². The fourth-order valence-electron chi connectivity index (χ4n) is 0.744. The van der Waals surface area contributed by atoms with Crippen molar-refractivity contribution in [2.75, 3.05) is 7.05 Å². The van der Waals surface area contributed by atoms with E-state index in [2.05, 4.69) is 64.1 Å². The molecule has 0 N–H and O–H groups in total. The Bertz CT molecular complexity index is 172. The molecule has 13 heavy (non-hydrogen) atoms. The Morgan fingerprint density at radius 1 is 1.15 bits per heavy atom. The number of nitrogens with zero attached hydrogens (tertiary/aromatic N) is 1. The summed E-state index contributed by atoms with van der Waals surface area (Å²) in [5, 5.41) is 0. The highest BCUT2D eigenvalue weighted by Gasteiger charge is 2.11. The molecule has 0 heterocycles. The van der Waals surface area contributed by atoms with Gasteiger partial charge in [-0.15, -0.1) is 0 Å². The van der Waals surface area contributed by atoms with E-state index in [1.807, 2.05) is 0 Å². The van der Waals surface area contributed by atoms with Crippen LogP contribution in [0.25, 0.3) is 0 Å². The van der Waals surface area contributed by atoms with E-state index in [9.17, 15) is 0 Å². The maximum atomic E-state index is 2.21. The normalized spacial score (nSPS) is 13.0. The van der Waals surface area contributed by atoms with Crippen LogP contribution >= 0.6 is 0 Å². The van der Waals surface area contributed by atoms with Crippen molar-refractivity contribution in [3.63, 3.8) is 0 Å². The summed E-state index contributed by atoms with van der Waals surface area (Å²) in [5.74, 6) is 0. The molecule has 0 atom stereocenters. The van der Waals surface area contributed by atoms with E-state index in [1.165, 1.54) is 12.8 Å². The number of unbranched alkanes of at least 4 members (excludes halogenated alkanes) is 1. The van der Waals surface area contributed by atoms with Gasteiger partial charge in [0.05, 0.1) is 0 Å². The summed E-state index contributed by atoms with van der Waals surface area (Å²) in [6.07, 6.45) is 10.9. The maximum absolute atomic E-state index is 2.21. The van der Waals surface area contributed by atoms with Crippen LogP contribution in [0.3, 0.4) is 0 Å². The highest BCUT2D eigenvalue weighted by atomic mass is 15.1. The van der Waals surface area contributed by atoms with Crippen molar-refractivity contribution in [2.24, 2.45) is 0 Å². The third-order valence-corrected chi connectivity index (χ3v) is 2.07. The third-order valence-electron chi connectivity index (χ3n) is 2.07. The van der Waals surface area contributed by atoms with Crippen molar-refractivity contribution in [2.45, 2.75) is 46.1 Å². The van der Waals surface area contributed by atoms with E-state index in [-0.39, 0.29) is 5.54 Å². The maximum Gasteiger partial charge on any atom is 0.0309 e. The molecule has 1 heteroatoms. The molecule has 0 aliphatic carbocycles. The Balaban J connectivity index is 3.85. The molecule has 0 aliphatic rings. The molecule has 0 rings (SSSR count). The van der Waals surface area contributed by atoms with Gasteiger partial charge in [-0.1, -0.05) is 25.5 Å². The minimum Gasteiger partial charge on any atom is -0.376 e. The molecule has 1 nitrogen and oxygen atoms in total. The van der Waals surface area contributed by atoms with Crippen LogP contribution in [0.1, 0.15) is 40.5 Å². The van der Waals surface area contributed by atoms with Gasteiger partial charge in [0.15, 0.2) is 0 Å². The molecule has 0 radical (unpaired) electrons. The van der Waals surface area contributed by atoms with Gasteiger partial charge >= 0.3 is 0 Å². The average molecular weight is 181 g/mol. The SMILES string of the molecule is CCC/C=C\C=C/N(C)C(C)(C)C. The van der Waals surface area contributed by atoms with Crippen molar-refractivity contribution in [3.8, 4) is 0 Å². The second kappa shape index (κ2) is 5.85. The van der Waals surface area contributed by atoms with Crippen molar-refractivity contribution in [3.05, 3.63) is 24.4 Å². The van der Waals surface area contributed by atoms with Crippen LogP contribution in [-0.4, -0.2) is 17.5 Å². The summed E-state index contributed by atoms with van der Waals surface area (Å²) >= 11 is 0. The van der Waals surface area contributed by atoms with E-state index in [0.29, 0.717) is 0 Å². The van der Waals surface area contributed by atoms with Gasteiger partial charge in [0.25, 0.3) is 0 Å². The zero-order valence-corrected chi connectivity index (χ0v) is 9.67. The first kappa shape index (κ1) is 12.3. The molecule has 0 aromatic carbocycles. The van der Waals surface area contributed by atoms with E-state index >= 15 is 0 Å². The fraction of sp³-hybridized carbons (Fsp3) is 0.667. The lowest BCUT2D eigenvalue weighted by Gasteiger charge is -2.30. The monoisotopic (exact) mass is 181 g/mol. The first-order valence-electron chi connectivity index (χ1n) is 5.04. The van der Waals surface area contributed by atoms with Gasteiger partial charge in [0.1, 0.15) is 0 Å². The lowest BCUT2D eigenvalue weighted by Crippen LogP contribution is -2.33. The molecule has 0 saturated carbocycles. The molecular weight excluding hydrogens is 158 g/mol. The predicted octanol–water partition coefficient (Wildman–Crippen LogP) is 3.59. The molecule has 0 saturated heterocycles. The van der Waals surface area contributed by atoms with Crippen molar-refractivity contribution >= 4 is 0 Å². The molecule has 0 aromatic heterocycles. The molecule has 0 spiro atoms. The Labute approximate surface area is 83.1 Å². The lowest BCUT2D eigenvalue weighted by atomic mass is 10.1. The highest BCUT2D eigenvalue weighted by Crippen LogP contribution is 2.10. The van der Waals surface area contributed by atoms with Crippen LogP contribution in [0, 0.1) is 0 Å². The van der Waals surface area contributed by atoms with Crippen LogP contribution in [0.2, 0.25) is 0 Å². The van der Waals surface area contributed by atoms with E-state index in [0.717, 1.165) is 0 Å². The minimum absolute atomic E-state index is 0.217. The smallest absolute Gasteiger partial charge is 0.0309 e. The number of rotatable bonds is 4. The van der Waals surface area contributed by atoms with Crippen LogP contribution in [0.4, 0.5) is 0 Å². The molecule has 0 bridgehead atoms. The zero-order valence-electron chi connectivity index (χ0n) is 9.67. The van der Waals surface area contributed by atoms with Gasteiger partial charge in [-0.25, -0.2) is 0 Å². The fourth-order valence-corrected chi connectivity index (χ4v) is 0.744. The number of hydrogen-bond acceptors (Lipinski definition) is 1. The minimum atomic E-state index is 0.217. The highest BCUT2D eigenvalue weighted by molar-refractivity contribution is 5.02. The molecule has 0 aliphatic heterocycles. The first-order chi connectivity index (χ1) is 5.98. The largest absolute Gasteiger partial charge is 0.376 e. The van der Waals surface area contributed by atoms with Crippen LogP contribution < -0.4 is 0 Å². The van der Waals surface area contributed by atoms with Crippen molar-refractivity contribution in [1.29, 1.82) is 0 Å². The Hall–Kier alpha value is -0.720. The van der Waals surface area contributed by atoms with Crippen molar-refractivity contribution < 1.29 is 0 Å². The molecule has 76 valence electrons. The molecule has 0 unspecified atom stereocenters. The van der Waals surface area contributed by atoms with Gasteiger partial charge in [-0.2, -0.15) is 0 Å². The van der Waals surface area contributed by atoms with E-state index in [1.54, 1.807) is 0 Å². The Morgan fingerprint density at radius 2 is 1.77 bits per heavy atom. The molecular formula is C12H23N. The number of hydrogen-bond donors (Lipinski definition) is 0. The summed E-state index contributed by atoms with van der Waals surface area (Å²) in [5.41, 5.74) is 0.217. The summed E-state index contributed by atoms with van der Waals surface area (Å²) in [7, 11) is 2.10. The summed E-state index contributed by atoms with van der Waals surface area (Å²) < 4.78 is 0. The predicted molar refractivity (Wildman–Crippen MR) is 60.7 cm³/mol. The topological polar surface area (TPSA) is 3.24 Å². The standard InChI is InChI=1S/C12H23N/c1-6-7-8-9-10-11-13(5)12(2,3)4/h8-11H,6-7H2,1-5H3/b9-8-,11-10-. The zero-order chi connectivity index (χ0) is 10.3. The molecule has 0 amide bonds. The van der Waals surface area contributed by atoms with E-state index < -0.39 is 0 Å². The van der Waals surface area contributed by atoms with Gasteiger partial charge in [-0.05, 0) is 39.5 Å². The van der Waals surface area contributed by atoms with Crippen LogP contribution in [-0.2, 0) is 0 Å². The quantitative estimate of drug-likeness (QED) is 0.599. The van der Waals surface area contributed by atoms with Crippen LogP contribution in [0.5, 0.6) is 0 Å². The van der Waals surface area contributed by atoms with Crippen LogP contribution in [0.15, 0.2) is 24.4 Å². The second-order valence-corrected chi connectivity index (χ2v) is 4.34. The summed E-state index contributed by atoms with van der Waals surface area (Å²) in [6, 6.07) is 0. The average Bonchev–Trinajstić information content (AvgIpc) is 2.02. The van der Waals surface area contributed by atoms with Crippen molar-refractivity contribution in [1.82, 2.24) is 4.90 Å². The summed E-state index contributed by atoms with van der Waals surface area (Å²) in [4.78, 5) is 2.21. The molecule has 0 fully saturated rings. The first-order valence-corrected chi connectivity index (χ1v) is 5.04. The van der Waals surface area contributed by atoms with Gasteiger partial charge in [0, 0.05) is 12.6 Å². The number of allylic oxidation sites excluding steroid dienone is 3.